The number of esters is 1. The largest absolute Gasteiger partial charge is 0.452 e. The summed E-state index contributed by atoms with van der Waals surface area (Å²) in [6, 6.07) is 9.37. The molecule has 0 aliphatic heterocycles. The van der Waals surface area contributed by atoms with Gasteiger partial charge < -0.3 is 10.1 Å². The van der Waals surface area contributed by atoms with Crippen LogP contribution in [0.5, 0.6) is 0 Å². The highest BCUT2D eigenvalue weighted by molar-refractivity contribution is 6.33. The lowest BCUT2D eigenvalue weighted by Gasteiger charge is -2.09. The van der Waals surface area contributed by atoms with Gasteiger partial charge in [-0.1, -0.05) is 29.8 Å². The van der Waals surface area contributed by atoms with Gasteiger partial charge in [0.1, 0.15) is 5.56 Å². The minimum absolute atomic E-state index is 0.203. The van der Waals surface area contributed by atoms with Crippen LogP contribution in [0.25, 0.3) is 0 Å². The first-order valence-electron chi connectivity index (χ1n) is 7.26. The average Bonchev–Trinajstić information content (AvgIpc) is 2.54. The van der Waals surface area contributed by atoms with Gasteiger partial charge in [-0.2, -0.15) is 0 Å². The average molecular weight is 363 g/mol. The number of ether oxygens (including phenoxy) is 1. The number of nitrogens with zero attached hydrogens (tertiary/aromatic N) is 1. The molecule has 2 aromatic rings. The van der Waals surface area contributed by atoms with Crippen LogP contribution in [-0.4, -0.2) is 23.4 Å². The molecule has 2 rings (SSSR count). The van der Waals surface area contributed by atoms with Crippen molar-refractivity contribution in [1.29, 1.82) is 0 Å². The molecule has 2 aromatic carbocycles. The van der Waals surface area contributed by atoms with Gasteiger partial charge in [-0.25, -0.2) is 4.79 Å². The summed E-state index contributed by atoms with van der Waals surface area (Å²) in [5.74, 6) is -1.55. The van der Waals surface area contributed by atoms with E-state index >= 15 is 0 Å². The zero-order valence-corrected chi connectivity index (χ0v) is 14.3. The minimum Gasteiger partial charge on any atom is -0.452 e. The second kappa shape index (κ2) is 7.76. The molecule has 1 amide bonds. The van der Waals surface area contributed by atoms with Gasteiger partial charge in [-0.3, -0.25) is 14.9 Å². The molecule has 1 N–H and O–H groups in total. The highest BCUT2D eigenvalue weighted by atomic mass is 35.5. The lowest BCUT2D eigenvalue weighted by molar-refractivity contribution is -0.385. The van der Waals surface area contributed by atoms with Crippen LogP contribution in [0.1, 0.15) is 21.5 Å². The van der Waals surface area contributed by atoms with Crippen molar-refractivity contribution >= 4 is 34.9 Å². The SMILES string of the molecule is Cc1ccc(NC(=O)COC(=O)c2cccc(C)c2[N+](=O)[O-])c(Cl)c1. The van der Waals surface area contributed by atoms with E-state index in [1.807, 2.05) is 6.92 Å². The molecule has 0 unspecified atom stereocenters. The fourth-order valence-electron chi connectivity index (χ4n) is 2.18. The van der Waals surface area contributed by atoms with Crippen LogP contribution in [0.3, 0.4) is 0 Å². The Kier molecular flexibility index (Phi) is 5.71. The van der Waals surface area contributed by atoms with Crippen LogP contribution in [0.2, 0.25) is 5.02 Å². The van der Waals surface area contributed by atoms with E-state index < -0.39 is 23.4 Å². The van der Waals surface area contributed by atoms with Gasteiger partial charge in [0.15, 0.2) is 6.61 Å². The summed E-state index contributed by atoms with van der Waals surface area (Å²) in [4.78, 5) is 34.4. The number of para-hydroxylation sites is 1. The predicted molar refractivity (Wildman–Crippen MR) is 92.9 cm³/mol. The molecule has 0 aromatic heterocycles. The van der Waals surface area contributed by atoms with E-state index in [1.54, 1.807) is 18.2 Å². The molecule has 0 aliphatic carbocycles. The van der Waals surface area contributed by atoms with Crippen molar-refractivity contribution in [2.75, 3.05) is 11.9 Å². The number of nitro benzene ring substituents is 1. The maximum Gasteiger partial charge on any atom is 0.345 e. The van der Waals surface area contributed by atoms with Gasteiger partial charge in [-0.05, 0) is 37.6 Å². The fraction of sp³-hybridized carbons (Fsp3) is 0.176. The number of carbonyl (C=O) groups excluding carboxylic acids is 2. The zero-order chi connectivity index (χ0) is 18.6. The summed E-state index contributed by atoms with van der Waals surface area (Å²) >= 11 is 6.01. The summed E-state index contributed by atoms with van der Waals surface area (Å²) in [6.07, 6.45) is 0. The van der Waals surface area contributed by atoms with Crippen molar-refractivity contribution in [2.45, 2.75) is 13.8 Å². The summed E-state index contributed by atoms with van der Waals surface area (Å²) in [5.41, 5.74) is 1.10. The Balaban J connectivity index is 2.04. The molecule has 0 heterocycles. The van der Waals surface area contributed by atoms with E-state index in [1.165, 1.54) is 25.1 Å². The number of hydrogen-bond donors (Lipinski definition) is 1. The molecule has 0 radical (unpaired) electrons. The third-order valence-corrected chi connectivity index (χ3v) is 3.69. The van der Waals surface area contributed by atoms with Crippen molar-refractivity contribution in [1.82, 2.24) is 0 Å². The minimum atomic E-state index is -0.944. The van der Waals surface area contributed by atoms with Gasteiger partial charge in [-0.15, -0.1) is 0 Å². The van der Waals surface area contributed by atoms with E-state index in [2.05, 4.69) is 5.32 Å². The molecule has 0 atom stereocenters. The molecular formula is C17H15ClN2O5. The topological polar surface area (TPSA) is 98.5 Å². The number of rotatable bonds is 5. The standard InChI is InChI=1S/C17H15ClN2O5/c1-10-6-7-14(13(18)8-10)19-15(21)9-25-17(22)12-5-3-4-11(2)16(12)20(23)24/h3-8H,9H2,1-2H3,(H,19,21). The smallest absolute Gasteiger partial charge is 0.345 e. The Labute approximate surface area is 148 Å². The molecule has 0 aliphatic rings. The number of amides is 1. The highest BCUT2D eigenvalue weighted by Crippen LogP contribution is 2.24. The summed E-state index contributed by atoms with van der Waals surface area (Å²) in [5, 5.41) is 14.0. The van der Waals surface area contributed by atoms with E-state index in [0.29, 0.717) is 16.3 Å². The Morgan fingerprint density at radius 3 is 2.60 bits per heavy atom. The number of hydrogen-bond acceptors (Lipinski definition) is 5. The molecule has 7 nitrogen and oxygen atoms in total. The second-order valence-electron chi connectivity index (χ2n) is 5.34. The van der Waals surface area contributed by atoms with Crippen molar-refractivity contribution < 1.29 is 19.2 Å². The number of benzene rings is 2. The summed E-state index contributed by atoms with van der Waals surface area (Å²) in [6.45, 7) is 2.78. The van der Waals surface area contributed by atoms with Crippen LogP contribution < -0.4 is 5.32 Å². The van der Waals surface area contributed by atoms with Crippen LogP contribution in [0.15, 0.2) is 36.4 Å². The normalized spacial score (nSPS) is 10.2. The van der Waals surface area contributed by atoms with Crippen molar-refractivity contribution in [2.24, 2.45) is 0 Å². The summed E-state index contributed by atoms with van der Waals surface area (Å²) in [7, 11) is 0. The molecule has 0 saturated heterocycles. The van der Waals surface area contributed by atoms with Crippen LogP contribution >= 0.6 is 11.6 Å². The third-order valence-electron chi connectivity index (χ3n) is 3.37. The Morgan fingerprint density at radius 2 is 1.96 bits per heavy atom. The first kappa shape index (κ1) is 18.4. The van der Waals surface area contributed by atoms with E-state index in [9.17, 15) is 19.7 Å². The molecule has 0 saturated carbocycles. The monoisotopic (exact) mass is 362 g/mol. The van der Waals surface area contributed by atoms with Gasteiger partial charge in [0, 0.05) is 5.56 Å². The molecule has 0 fully saturated rings. The maximum absolute atomic E-state index is 12.1. The van der Waals surface area contributed by atoms with Gasteiger partial charge in [0.25, 0.3) is 11.6 Å². The van der Waals surface area contributed by atoms with Crippen LogP contribution in [0, 0.1) is 24.0 Å². The predicted octanol–water partition coefficient (Wildman–Crippen LogP) is 3.66. The molecular weight excluding hydrogens is 348 g/mol. The lowest BCUT2D eigenvalue weighted by atomic mass is 10.1. The van der Waals surface area contributed by atoms with E-state index in [-0.39, 0.29) is 11.3 Å². The Bertz CT molecular complexity index is 851. The number of anilines is 1. The summed E-state index contributed by atoms with van der Waals surface area (Å²) < 4.78 is 4.87. The highest BCUT2D eigenvalue weighted by Gasteiger charge is 2.24. The van der Waals surface area contributed by atoms with Crippen molar-refractivity contribution in [3.63, 3.8) is 0 Å². The van der Waals surface area contributed by atoms with Gasteiger partial charge in [0.05, 0.1) is 15.6 Å². The third kappa shape index (κ3) is 4.54. The van der Waals surface area contributed by atoms with Crippen molar-refractivity contribution in [3.8, 4) is 0 Å². The van der Waals surface area contributed by atoms with Crippen LogP contribution in [-0.2, 0) is 9.53 Å². The molecule has 130 valence electrons. The first-order chi connectivity index (χ1) is 11.8. The Hall–Kier alpha value is -2.93. The fourth-order valence-corrected chi connectivity index (χ4v) is 2.47. The van der Waals surface area contributed by atoms with Gasteiger partial charge >= 0.3 is 5.97 Å². The van der Waals surface area contributed by atoms with Crippen molar-refractivity contribution in [3.05, 3.63) is 68.2 Å². The number of halogens is 1. The number of nitrogens with one attached hydrogen (secondary N) is 1. The number of aryl methyl sites for hydroxylation is 2. The van der Waals surface area contributed by atoms with Gasteiger partial charge in [0.2, 0.25) is 0 Å². The molecule has 0 bridgehead atoms. The first-order valence-corrected chi connectivity index (χ1v) is 7.64. The maximum atomic E-state index is 12.1. The number of carbonyl (C=O) groups is 2. The quantitative estimate of drug-likeness (QED) is 0.497. The van der Waals surface area contributed by atoms with E-state index in [0.717, 1.165) is 5.56 Å². The number of nitro groups is 1. The lowest BCUT2D eigenvalue weighted by Crippen LogP contribution is -2.21. The van der Waals surface area contributed by atoms with Crippen LogP contribution in [0.4, 0.5) is 11.4 Å². The molecule has 0 spiro atoms. The molecule has 8 heteroatoms. The van der Waals surface area contributed by atoms with E-state index in [4.69, 9.17) is 16.3 Å². The Morgan fingerprint density at radius 1 is 1.24 bits per heavy atom. The molecule has 25 heavy (non-hydrogen) atoms. The second-order valence-corrected chi connectivity index (χ2v) is 5.74. The zero-order valence-electron chi connectivity index (χ0n) is 13.5.